The average molecular weight is 202 g/mol. The van der Waals surface area contributed by atoms with Crippen LogP contribution in [0.5, 0.6) is 0 Å². The fraction of sp³-hybridized carbons (Fsp3) is 1.00. The second-order valence-electron chi connectivity index (χ2n) is 5.29. The van der Waals surface area contributed by atoms with E-state index in [1.54, 1.807) is 0 Å². The van der Waals surface area contributed by atoms with Gasteiger partial charge in [-0.25, -0.2) is 0 Å². The predicted octanol–water partition coefficient (Wildman–Crippen LogP) is 1.92. The minimum Gasteiger partial charge on any atom is -0.391 e. The van der Waals surface area contributed by atoms with E-state index in [1.807, 2.05) is 0 Å². The monoisotopic (exact) mass is 202 g/mol. The summed E-state index contributed by atoms with van der Waals surface area (Å²) in [5.74, 6) is 0. The van der Waals surface area contributed by atoms with E-state index in [0.717, 1.165) is 32.1 Å². The summed E-state index contributed by atoms with van der Waals surface area (Å²) in [5.41, 5.74) is 0. The van der Waals surface area contributed by atoms with Crippen LogP contribution in [0, 0.1) is 0 Å². The molecule has 1 fully saturated rings. The number of aliphatic hydroxyl groups is 2. The summed E-state index contributed by atoms with van der Waals surface area (Å²) < 4.78 is 0. The predicted molar refractivity (Wildman–Crippen MR) is 57.4 cm³/mol. The van der Waals surface area contributed by atoms with Gasteiger partial charge in [-0.1, -0.05) is 38.9 Å². The number of rotatable bonds is 1. The second kappa shape index (κ2) is 3.71. The van der Waals surface area contributed by atoms with E-state index in [4.69, 9.17) is 0 Å². The van der Waals surface area contributed by atoms with E-state index in [2.05, 4.69) is 19.6 Å². The Morgan fingerprint density at radius 2 is 1.77 bits per heavy atom. The van der Waals surface area contributed by atoms with Crippen LogP contribution in [0.1, 0.15) is 32.1 Å². The molecule has 78 valence electrons. The Morgan fingerprint density at radius 3 is 2.31 bits per heavy atom. The summed E-state index contributed by atoms with van der Waals surface area (Å²) in [4.78, 5) is 0. The van der Waals surface area contributed by atoms with Crippen molar-refractivity contribution in [2.45, 2.75) is 63.1 Å². The summed E-state index contributed by atoms with van der Waals surface area (Å²) in [7, 11) is -1.67. The number of aliphatic hydroxyl groups excluding tert-OH is 1. The van der Waals surface area contributed by atoms with E-state index < -0.39 is 19.4 Å². The van der Waals surface area contributed by atoms with Gasteiger partial charge < -0.3 is 10.2 Å². The number of hydrogen-bond donors (Lipinski definition) is 2. The quantitative estimate of drug-likeness (QED) is 0.504. The first-order chi connectivity index (χ1) is 5.88. The van der Waals surface area contributed by atoms with Gasteiger partial charge in [0.25, 0.3) is 0 Å². The fourth-order valence-corrected chi connectivity index (χ4v) is 4.26. The van der Waals surface area contributed by atoms with Crippen molar-refractivity contribution in [2.24, 2.45) is 0 Å². The van der Waals surface area contributed by atoms with Gasteiger partial charge in [0.1, 0.15) is 0 Å². The lowest BCUT2D eigenvalue weighted by molar-refractivity contribution is -0.0257. The molecule has 0 unspecified atom stereocenters. The maximum atomic E-state index is 10.5. The first kappa shape index (κ1) is 11.2. The fourth-order valence-electron chi connectivity index (χ4n) is 2.19. The molecule has 0 aromatic rings. The van der Waals surface area contributed by atoms with E-state index in [9.17, 15) is 10.2 Å². The summed E-state index contributed by atoms with van der Waals surface area (Å²) in [5, 5.41) is 19.7. The lowest BCUT2D eigenvalue weighted by Crippen LogP contribution is -2.59. The first-order valence-electron chi connectivity index (χ1n) is 5.28. The Labute approximate surface area is 82.0 Å². The van der Waals surface area contributed by atoms with Crippen LogP contribution >= 0.6 is 0 Å². The van der Waals surface area contributed by atoms with Gasteiger partial charge in [0.2, 0.25) is 0 Å². The molecule has 0 aromatic carbocycles. The molecule has 0 amide bonds. The molecule has 0 aromatic heterocycles. The van der Waals surface area contributed by atoms with Gasteiger partial charge in [-0.3, -0.25) is 0 Å². The summed E-state index contributed by atoms with van der Waals surface area (Å²) in [6.07, 6.45) is 4.38. The maximum Gasteiger partial charge on any atom is 0.0854 e. The number of hydrogen-bond acceptors (Lipinski definition) is 2. The van der Waals surface area contributed by atoms with Crippen LogP contribution in [0.3, 0.4) is 0 Å². The molecule has 1 saturated carbocycles. The third kappa shape index (κ3) is 2.14. The van der Waals surface area contributed by atoms with Crippen molar-refractivity contribution >= 4 is 8.07 Å². The van der Waals surface area contributed by atoms with Gasteiger partial charge >= 0.3 is 0 Å². The summed E-state index contributed by atoms with van der Waals surface area (Å²) in [6, 6.07) is 0. The van der Waals surface area contributed by atoms with Crippen molar-refractivity contribution in [1.82, 2.24) is 0 Å². The molecular formula is C10H22O2Si. The van der Waals surface area contributed by atoms with Gasteiger partial charge in [-0.05, 0) is 12.8 Å². The molecule has 0 aliphatic heterocycles. The highest BCUT2D eigenvalue weighted by Crippen LogP contribution is 2.34. The first-order valence-corrected chi connectivity index (χ1v) is 8.78. The lowest BCUT2D eigenvalue weighted by atomic mass is 10.1. The topological polar surface area (TPSA) is 40.5 Å². The Bertz CT molecular complexity index is 176. The Morgan fingerprint density at radius 1 is 1.15 bits per heavy atom. The molecule has 1 aliphatic carbocycles. The molecule has 0 heterocycles. The molecule has 2 atom stereocenters. The molecule has 0 radical (unpaired) electrons. The van der Waals surface area contributed by atoms with Gasteiger partial charge in [-0.2, -0.15) is 0 Å². The van der Waals surface area contributed by atoms with Crippen LogP contribution < -0.4 is 0 Å². The Balaban J connectivity index is 2.83. The molecule has 3 heteroatoms. The van der Waals surface area contributed by atoms with Crippen LogP contribution in [-0.4, -0.2) is 29.6 Å². The van der Waals surface area contributed by atoms with Crippen LogP contribution in [0.25, 0.3) is 0 Å². The standard InChI is InChI=1S/C10H22O2Si/c1-13(2,3)10(12)8-6-4-5-7-9(10)11/h9,11-12H,4-8H2,1-3H3/t9-,10-/m1/s1. The van der Waals surface area contributed by atoms with Crippen LogP contribution in [0.4, 0.5) is 0 Å². The molecule has 13 heavy (non-hydrogen) atoms. The van der Waals surface area contributed by atoms with Crippen molar-refractivity contribution < 1.29 is 10.2 Å². The van der Waals surface area contributed by atoms with E-state index in [-0.39, 0.29) is 0 Å². The van der Waals surface area contributed by atoms with Crippen LogP contribution in [0.2, 0.25) is 19.6 Å². The Kier molecular flexibility index (Phi) is 3.20. The van der Waals surface area contributed by atoms with Gasteiger partial charge in [-0.15, -0.1) is 0 Å². The van der Waals surface area contributed by atoms with Gasteiger partial charge in [0.15, 0.2) is 0 Å². The van der Waals surface area contributed by atoms with Gasteiger partial charge in [0.05, 0.1) is 19.4 Å². The highest BCUT2D eigenvalue weighted by molar-refractivity contribution is 6.79. The second-order valence-corrected chi connectivity index (χ2v) is 10.7. The third-order valence-corrected chi connectivity index (χ3v) is 6.57. The largest absolute Gasteiger partial charge is 0.391 e. The molecule has 1 aliphatic rings. The SMILES string of the molecule is C[Si](C)(C)[C@]1(O)CCCCC[C@H]1O. The zero-order chi connectivity index (χ0) is 10.1. The highest BCUT2D eigenvalue weighted by Gasteiger charge is 2.47. The zero-order valence-corrected chi connectivity index (χ0v) is 10.0. The normalized spacial score (nSPS) is 37.2. The molecule has 0 bridgehead atoms. The lowest BCUT2D eigenvalue weighted by Gasteiger charge is -2.41. The molecule has 0 saturated heterocycles. The van der Waals surface area contributed by atoms with Crippen molar-refractivity contribution in [3.63, 3.8) is 0 Å². The average Bonchev–Trinajstić information content (AvgIpc) is 2.14. The van der Waals surface area contributed by atoms with E-state index >= 15 is 0 Å². The Hall–Kier alpha value is 0.137. The van der Waals surface area contributed by atoms with Crippen molar-refractivity contribution in [3.8, 4) is 0 Å². The van der Waals surface area contributed by atoms with Crippen molar-refractivity contribution in [1.29, 1.82) is 0 Å². The molecule has 2 nitrogen and oxygen atoms in total. The van der Waals surface area contributed by atoms with Crippen LogP contribution in [0.15, 0.2) is 0 Å². The maximum absolute atomic E-state index is 10.5. The molecular weight excluding hydrogens is 180 g/mol. The van der Waals surface area contributed by atoms with Crippen molar-refractivity contribution in [3.05, 3.63) is 0 Å². The molecule has 1 rings (SSSR count). The smallest absolute Gasteiger partial charge is 0.0854 e. The third-order valence-electron chi connectivity index (χ3n) is 3.39. The van der Waals surface area contributed by atoms with Crippen LogP contribution in [-0.2, 0) is 0 Å². The molecule has 0 spiro atoms. The minimum absolute atomic E-state index is 0.485. The highest BCUT2D eigenvalue weighted by atomic mass is 28.3. The summed E-state index contributed by atoms with van der Waals surface area (Å²) in [6.45, 7) is 6.42. The zero-order valence-electron chi connectivity index (χ0n) is 9.01. The molecule has 2 N–H and O–H groups in total. The van der Waals surface area contributed by atoms with E-state index in [0.29, 0.717) is 0 Å². The van der Waals surface area contributed by atoms with E-state index in [1.165, 1.54) is 0 Å². The van der Waals surface area contributed by atoms with Crippen molar-refractivity contribution in [2.75, 3.05) is 0 Å². The summed E-state index contributed by atoms with van der Waals surface area (Å²) >= 11 is 0. The van der Waals surface area contributed by atoms with Gasteiger partial charge in [0, 0.05) is 0 Å². The minimum atomic E-state index is -1.67.